The van der Waals surface area contributed by atoms with E-state index < -0.39 is 6.61 Å². The number of nitrogens with one attached hydrogen (secondary N) is 1. The van der Waals surface area contributed by atoms with E-state index in [9.17, 15) is 13.6 Å². The molecule has 0 fully saturated rings. The number of ether oxygens (including phenoxy) is 1. The second-order valence-electron chi connectivity index (χ2n) is 6.06. The first-order chi connectivity index (χ1) is 11.8. The summed E-state index contributed by atoms with van der Waals surface area (Å²) in [5.41, 5.74) is 3.81. The highest BCUT2D eigenvalue weighted by Crippen LogP contribution is 2.17. The molecule has 0 saturated heterocycles. The summed E-state index contributed by atoms with van der Waals surface area (Å²) < 4.78 is 28.6. The molecule has 2 aromatic carbocycles. The van der Waals surface area contributed by atoms with Crippen LogP contribution in [-0.2, 0) is 11.3 Å². The Morgan fingerprint density at radius 2 is 1.84 bits per heavy atom. The minimum Gasteiger partial charge on any atom is -0.435 e. The maximum atomic E-state index is 12.2. The van der Waals surface area contributed by atoms with Crippen LogP contribution in [0.5, 0.6) is 5.75 Å². The first-order valence-electron chi connectivity index (χ1n) is 7.93. The number of aryl methyl sites for hydroxylation is 2. The lowest BCUT2D eigenvalue weighted by atomic mass is 10.1. The highest BCUT2D eigenvalue weighted by atomic mass is 19.3. The van der Waals surface area contributed by atoms with E-state index in [4.69, 9.17) is 0 Å². The van der Waals surface area contributed by atoms with Gasteiger partial charge >= 0.3 is 6.61 Å². The molecule has 25 heavy (non-hydrogen) atoms. The number of nitrogens with zero attached hydrogens (tertiary/aromatic N) is 1. The number of anilines is 1. The summed E-state index contributed by atoms with van der Waals surface area (Å²) in [6.07, 6.45) is 0. The van der Waals surface area contributed by atoms with E-state index in [-0.39, 0.29) is 18.2 Å². The zero-order valence-corrected chi connectivity index (χ0v) is 14.6. The first kappa shape index (κ1) is 18.9. The monoisotopic (exact) mass is 348 g/mol. The van der Waals surface area contributed by atoms with Crippen LogP contribution < -0.4 is 10.1 Å². The van der Waals surface area contributed by atoms with Crippen molar-refractivity contribution in [2.75, 3.05) is 18.9 Å². The van der Waals surface area contributed by atoms with Crippen LogP contribution in [0.1, 0.15) is 16.7 Å². The van der Waals surface area contributed by atoms with Crippen molar-refractivity contribution >= 4 is 11.6 Å². The van der Waals surface area contributed by atoms with Crippen LogP contribution in [0.3, 0.4) is 0 Å². The van der Waals surface area contributed by atoms with Crippen molar-refractivity contribution in [2.24, 2.45) is 0 Å². The molecule has 0 unspecified atom stereocenters. The lowest BCUT2D eigenvalue weighted by Gasteiger charge is -2.17. The normalized spacial score (nSPS) is 11.0. The predicted octanol–water partition coefficient (Wildman–Crippen LogP) is 3.98. The van der Waals surface area contributed by atoms with Gasteiger partial charge in [0.05, 0.1) is 6.54 Å². The van der Waals surface area contributed by atoms with E-state index in [0.717, 1.165) is 22.4 Å². The molecule has 0 radical (unpaired) electrons. The van der Waals surface area contributed by atoms with E-state index >= 15 is 0 Å². The topological polar surface area (TPSA) is 41.6 Å². The number of halogens is 2. The summed E-state index contributed by atoms with van der Waals surface area (Å²) >= 11 is 0. The van der Waals surface area contributed by atoms with Gasteiger partial charge in [-0.05, 0) is 55.8 Å². The number of amides is 1. The molecule has 1 amide bonds. The molecule has 0 bridgehead atoms. The lowest BCUT2D eigenvalue weighted by Crippen LogP contribution is -2.30. The Morgan fingerprint density at radius 1 is 1.16 bits per heavy atom. The molecule has 134 valence electrons. The van der Waals surface area contributed by atoms with Crippen LogP contribution in [0.4, 0.5) is 14.5 Å². The van der Waals surface area contributed by atoms with E-state index in [0.29, 0.717) is 6.54 Å². The Bertz CT molecular complexity index is 718. The average Bonchev–Trinajstić information content (AvgIpc) is 2.52. The van der Waals surface area contributed by atoms with Gasteiger partial charge in [-0.3, -0.25) is 9.69 Å². The molecule has 0 aromatic heterocycles. The summed E-state index contributed by atoms with van der Waals surface area (Å²) in [5, 5.41) is 2.91. The minimum absolute atomic E-state index is 0.103. The standard InChI is InChI=1S/C19H22F2N2O2/c1-13-4-5-14(2)17(10-13)22-18(24)12-23(3)11-15-6-8-16(9-7-15)25-19(20)21/h4-10,19H,11-12H2,1-3H3,(H,22,24). The molecule has 6 heteroatoms. The molecule has 0 spiro atoms. The van der Waals surface area contributed by atoms with Gasteiger partial charge in [-0.15, -0.1) is 0 Å². The molecule has 2 aromatic rings. The van der Waals surface area contributed by atoms with Gasteiger partial charge in [0.25, 0.3) is 0 Å². The third-order valence-electron chi connectivity index (χ3n) is 3.68. The summed E-state index contributed by atoms with van der Waals surface area (Å²) in [6, 6.07) is 12.3. The number of alkyl halides is 2. The SMILES string of the molecule is Cc1ccc(C)c(NC(=O)CN(C)Cc2ccc(OC(F)F)cc2)c1. The minimum atomic E-state index is -2.83. The third kappa shape index (κ3) is 6.15. The predicted molar refractivity (Wildman–Crippen MR) is 94.0 cm³/mol. The zero-order valence-electron chi connectivity index (χ0n) is 14.6. The van der Waals surface area contributed by atoms with Crippen molar-refractivity contribution in [1.29, 1.82) is 0 Å². The second-order valence-corrected chi connectivity index (χ2v) is 6.06. The molecule has 0 aliphatic heterocycles. The van der Waals surface area contributed by atoms with Crippen LogP contribution in [0.25, 0.3) is 0 Å². The summed E-state index contributed by atoms with van der Waals surface area (Å²) in [7, 11) is 1.83. The molecular weight excluding hydrogens is 326 g/mol. The fraction of sp³-hybridized carbons (Fsp3) is 0.316. The molecule has 4 nitrogen and oxygen atoms in total. The summed E-state index contributed by atoms with van der Waals surface area (Å²) in [5.74, 6) is 0.0166. The van der Waals surface area contributed by atoms with Crippen LogP contribution in [0.2, 0.25) is 0 Å². The molecule has 0 aliphatic carbocycles. The van der Waals surface area contributed by atoms with Crippen LogP contribution >= 0.6 is 0 Å². The molecule has 0 aliphatic rings. The van der Waals surface area contributed by atoms with E-state index in [1.807, 2.05) is 44.0 Å². The second kappa shape index (κ2) is 8.58. The maximum Gasteiger partial charge on any atom is 0.387 e. The van der Waals surface area contributed by atoms with Gasteiger partial charge in [0.15, 0.2) is 0 Å². The Hall–Kier alpha value is -2.47. The Labute approximate surface area is 146 Å². The highest BCUT2D eigenvalue weighted by molar-refractivity contribution is 5.93. The van der Waals surface area contributed by atoms with E-state index in [2.05, 4.69) is 10.1 Å². The Kier molecular flexibility index (Phi) is 6.47. The summed E-state index contributed by atoms with van der Waals surface area (Å²) in [6.45, 7) is 1.84. The fourth-order valence-electron chi connectivity index (χ4n) is 2.45. The molecule has 0 saturated carbocycles. The van der Waals surface area contributed by atoms with Crippen LogP contribution in [0, 0.1) is 13.8 Å². The number of carbonyl (C=O) groups is 1. The van der Waals surface area contributed by atoms with Crippen molar-refractivity contribution < 1.29 is 18.3 Å². The van der Waals surface area contributed by atoms with Crippen molar-refractivity contribution in [3.63, 3.8) is 0 Å². The smallest absolute Gasteiger partial charge is 0.387 e. The quantitative estimate of drug-likeness (QED) is 0.823. The van der Waals surface area contributed by atoms with Gasteiger partial charge in [-0.1, -0.05) is 24.3 Å². The van der Waals surface area contributed by atoms with Crippen molar-refractivity contribution in [3.8, 4) is 5.75 Å². The molecule has 0 atom stereocenters. The number of carbonyl (C=O) groups excluding carboxylic acids is 1. The van der Waals surface area contributed by atoms with Gasteiger partial charge in [-0.2, -0.15) is 8.78 Å². The van der Waals surface area contributed by atoms with Gasteiger partial charge in [0, 0.05) is 12.2 Å². The Balaban J connectivity index is 1.87. The molecule has 2 rings (SSSR count). The van der Waals surface area contributed by atoms with Gasteiger partial charge in [-0.25, -0.2) is 0 Å². The number of likely N-dealkylation sites (N-methyl/N-ethyl adjacent to an activating group) is 1. The third-order valence-corrected chi connectivity index (χ3v) is 3.68. The van der Waals surface area contributed by atoms with E-state index in [1.165, 1.54) is 12.1 Å². The van der Waals surface area contributed by atoms with Crippen LogP contribution in [0.15, 0.2) is 42.5 Å². The van der Waals surface area contributed by atoms with Crippen molar-refractivity contribution in [3.05, 3.63) is 59.2 Å². The molecular formula is C19H22F2N2O2. The van der Waals surface area contributed by atoms with Crippen molar-refractivity contribution in [1.82, 2.24) is 4.90 Å². The number of rotatable bonds is 7. The highest BCUT2D eigenvalue weighted by Gasteiger charge is 2.10. The maximum absolute atomic E-state index is 12.2. The summed E-state index contributed by atoms with van der Waals surface area (Å²) in [4.78, 5) is 14.0. The largest absolute Gasteiger partial charge is 0.435 e. The van der Waals surface area contributed by atoms with Gasteiger partial charge in [0.2, 0.25) is 5.91 Å². The Morgan fingerprint density at radius 3 is 2.48 bits per heavy atom. The first-order valence-corrected chi connectivity index (χ1v) is 7.93. The van der Waals surface area contributed by atoms with Crippen LogP contribution in [-0.4, -0.2) is 31.0 Å². The number of hydrogen-bond acceptors (Lipinski definition) is 3. The van der Waals surface area contributed by atoms with Crippen molar-refractivity contribution in [2.45, 2.75) is 27.0 Å². The number of benzene rings is 2. The zero-order chi connectivity index (χ0) is 18.4. The number of hydrogen-bond donors (Lipinski definition) is 1. The van der Waals surface area contributed by atoms with Gasteiger partial charge in [0.1, 0.15) is 5.75 Å². The average molecular weight is 348 g/mol. The molecule has 1 N–H and O–H groups in total. The lowest BCUT2D eigenvalue weighted by molar-refractivity contribution is -0.117. The van der Waals surface area contributed by atoms with E-state index in [1.54, 1.807) is 12.1 Å². The fourth-order valence-corrected chi connectivity index (χ4v) is 2.45. The van der Waals surface area contributed by atoms with Gasteiger partial charge < -0.3 is 10.1 Å². The molecule has 0 heterocycles.